The van der Waals surface area contributed by atoms with E-state index in [1.54, 1.807) is 43.8 Å². The van der Waals surface area contributed by atoms with Gasteiger partial charge in [0.15, 0.2) is 5.78 Å². The smallest absolute Gasteiger partial charge is 0.185 e. The van der Waals surface area contributed by atoms with Crippen molar-refractivity contribution in [2.75, 3.05) is 7.11 Å². The fourth-order valence-electron chi connectivity index (χ4n) is 2.45. The van der Waals surface area contributed by atoms with Crippen LogP contribution in [0.3, 0.4) is 0 Å². The third-order valence-electron chi connectivity index (χ3n) is 3.72. The van der Waals surface area contributed by atoms with E-state index in [-0.39, 0.29) is 5.78 Å². The maximum absolute atomic E-state index is 12.2. The van der Waals surface area contributed by atoms with E-state index in [2.05, 4.69) is 17.1 Å². The number of ether oxygens (including phenoxy) is 1. The number of aromatic nitrogens is 1. The number of methoxy groups -OCH3 is 1. The van der Waals surface area contributed by atoms with Gasteiger partial charge >= 0.3 is 0 Å². The van der Waals surface area contributed by atoms with Crippen LogP contribution in [0.4, 0.5) is 0 Å². The van der Waals surface area contributed by atoms with Gasteiger partial charge in [-0.25, -0.2) is 0 Å². The Labute approximate surface area is 141 Å². The molecule has 0 amide bonds. The number of rotatable bonds is 5. The van der Waals surface area contributed by atoms with Crippen LogP contribution in [-0.4, -0.2) is 17.9 Å². The first-order valence-electron chi connectivity index (χ1n) is 7.64. The van der Waals surface area contributed by atoms with Crippen LogP contribution in [0.2, 0.25) is 0 Å². The zero-order valence-electron chi connectivity index (χ0n) is 13.3. The molecule has 1 heterocycles. The average Bonchev–Trinajstić information content (AvgIpc) is 2.67. The van der Waals surface area contributed by atoms with Gasteiger partial charge in [-0.1, -0.05) is 36.4 Å². The van der Waals surface area contributed by atoms with Crippen molar-refractivity contribution in [3.05, 3.63) is 90.3 Å². The van der Waals surface area contributed by atoms with E-state index in [4.69, 9.17) is 4.74 Å². The Balaban J connectivity index is 1.91. The Morgan fingerprint density at radius 2 is 1.71 bits per heavy atom. The highest BCUT2D eigenvalue weighted by molar-refractivity contribution is 6.06. The second kappa shape index (κ2) is 7.38. The Morgan fingerprint density at radius 3 is 2.42 bits per heavy atom. The maximum Gasteiger partial charge on any atom is 0.185 e. The molecular weight excluding hydrogens is 298 g/mol. The van der Waals surface area contributed by atoms with Crippen molar-refractivity contribution >= 4 is 11.9 Å². The minimum absolute atomic E-state index is 0.0652. The minimum Gasteiger partial charge on any atom is -0.496 e. The van der Waals surface area contributed by atoms with E-state index in [0.29, 0.717) is 5.56 Å². The third kappa shape index (κ3) is 3.58. The molecule has 3 nitrogen and oxygen atoms in total. The van der Waals surface area contributed by atoms with Gasteiger partial charge in [0.05, 0.1) is 7.11 Å². The molecule has 0 saturated carbocycles. The molecule has 3 rings (SSSR count). The molecule has 0 fully saturated rings. The molecule has 1 aromatic heterocycles. The molecule has 118 valence electrons. The number of benzene rings is 2. The lowest BCUT2D eigenvalue weighted by Gasteiger charge is -2.08. The fraction of sp³-hybridized carbons (Fsp3) is 0.0476. The topological polar surface area (TPSA) is 39.2 Å². The lowest BCUT2D eigenvalue weighted by atomic mass is 10.0. The highest BCUT2D eigenvalue weighted by atomic mass is 16.5. The van der Waals surface area contributed by atoms with Crippen LogP contribution in [0.25, 0.3) is 17.2 Å². The molecule has 0 aliphatic carbocycles. The number of ketones is 1. The normalized spacial score (nSPS) is 10.7. The largest absolute Gasteiger partial charge is 0.496 e. The summed E-state index contributed by atoms with van der Waals surface area (Å²) in [6.07, 6.45) is 6.56. The minimum atomic E-state index is -0.0652. The summed E-state index contributed by atoms with van der Waals surface area (Å²) < 4.78 is 5.40. The number of allylic oxidation sites excluding steroid dienone is 1. The van der Waals surface area contributed by atoms with Gasteiger partial charge < -0.3 is 4.74 Å². The number of carbonyl (C=O) groups excluding carboxylic acids is 1. The number of carbonyl (C=O) groups is 1. The second-order valence-corrected chi connectivity index (χ2v) is 5.26. The van der Waals surface area contributed by atoms with Crippen LogP contribution in [0.15, 0.2) is 79.1 Å². The standard InChI is InChI=1S/C21H17NO2/c1-24-21-10-8-18(16-5-3-2-4-6-16)15-19(21)7-9-20(23)17-11-13-22-14-12-17/h2-15H,1H3/b9-7+. The zero-order valence-corrected chi connectivity index (χ0v) is 13.3. The third-order valence-corrected chi connectivity index (χ3v) is 3.72. The van der Waals surface area contributed by atoms with E-state index < -0.39 is 0 Å². The van der Waals surface area contributed by atoms with E-state index in [0.717, 1.165) is 22.4 Å². The van der Waals surface area contributed by atoms with Crippen LogP contribution in [0.5, 0.6) is 5.75 Å². The van der Waals surface area contributed by atoms with Gasteiger partial charge in [-0.05, 0) is 47.5 Å². The van der Waals surface area contributed by atoms with Gasteiger partial charge in [0.1, 0.15) is 5.75 Å². The maximum atomic E-state index is 12.2. The summed E-state index contributed by atoms with van der Waals surface area (Å²) in [5.41, 5.74) is 3.67. The molecule has 2 aromatic carbocycles. The van der Waals surface area contributed by atoms with Crippen LogP contribution in [-0.2, 0) is 0 Å². The molecular formula is C21H17NO2. The van der Waals surface area contributed by atoms with Crippen molar-refractivity contribution in [3.63, 3.8) is 0 Å². The quantitative estimate of drug-likeness (QED) is 0.508. The monoisotopic (exact) mass is 315 g/mol. The predicted octanol–water partition coefficient (Wildman–Crippen LogP) is 4.65. The molecule has 0 saturated heterocycles. The molecule has 3 heteroatoms. The van der Waals surface area contributed by atoms with Gasteiger partial charge in [0.2, 0.25) is 0 Å². The van der Waals surface area contributed by atoms with Crippen molar-refractivity contribution in [1.29, 1.82) is 0 Å². The first kappa shape index (κ1) is 15.7. The first-order chi connectivity index (χ1) is 11.8. The molecule has 0 N–H and O–H groups in total. The van der Waals surface area contributed by atoms with Crippen molar-refractivity contribution in [1.82, 2.24) is 4.98 Å². The Kier molecular flexibility index (Phi) is 4.82. The van der Waals surface area contributed by atoms with E-state index in [9.17, 15) is 4.79 Å². The molecule has 0 atom stereocenters. The summed E-state index contributed by atoms with van der Waals surface area (Å²) in [6, 6.07) is 19.4. The van der Waals surface area contributed by atoms with Crippen molar-refractivity contribution in [2.45, 2.75) is 0 Å². The van der Waals surface area contributed by atoms with Crippen LogP contribution < -0.4 is 4.74 Å². The van der Waals surface area contributed by atoms with E-state index >= 15 is 0 Å². The molecule has 0 radical (unpaired) electrons. The fourth-order valence-corrected chi connectivity index (χ4v) is 2.45. The average molecular weight is 315 g/mol. The van der Waals surface area contributed by atoms with Crippen molar-refractivity contribution in [2.24, 2.45) is 0 Å². The summed E-state index contributed by atoms with van der Waals surface area (Å²) in [5.74, 6) is 0.665. The molecule has 0 bridgehead atoms. The number of hydrogen-bond donors (Lipinski definition) is 0. The van der Waals surface area contributed by atoms with Gasteiger partial charge in [-0.2, -0.15) is 0 Å². The summed E-state index contributed by atoms with van der Waals surface area (Å²) in [5, 5.41) is 0. The highest BCUT2D eigenvalue weighted by Crippen LogP contribution is 2.27. The van der Waals surface area contributed by atoms with Crippen LogP contribution >= 0.6 is 0 Å². The zero-order chi connectivity index (χ0) is 16.8. The molecule has 3 aromatic rings. The number of hydrogen-bond acceptors (Lipinski definition) is 3. The number of pyridine rings is 1. The van der Waals surface area contributed by atoms with E-state index in [1.165, 1.54) is 0 Å². The van der Waals surface area contributed by atoms with Crippen molar-refractivity contribution in [3.8, 4) is 16.9 Å². The second-order valence-electron chi connectivity index (χ2n) is 5.26. The molecule has 0 spiro atoms. The summed E-state index contributed by atoms with van der Waals surface area (Å²) in [4.78, 5) is 16.1. The highest BCUT2D eigenvalue weighted by Gasteiger charge is 2.05. The Bertz CT molecular complexity index is 856. The SMILES string of the molecule is COc1ccc(-c2ccccc2)cc1/C=C/C(=O)c1ccncc1. The lowest BCUT2D eigenvalue weighted by molar-refractivity contribution is 0.104. The van der Waals surface area contributed by atoms with Crippen molar-refractivity contribution < 1.29 is 9.53 Å². The van der Waals surface area contributed by atoms with Gasteiger partial charge in [-0.3, -0.25) is 9.78 Å². The molecule has 0 aliphatic rings. The number of nitrogens with zero attached hydrogens (tertiary/aromatic N) is 1. The van der Waals surface area contributed by atoms with Crippen LogP contribution in [0.1, 0.15) is 15.9 Å². The van der Waals surface area contributed by atoms with Gasteiger partial charge in [-0.15, -0.1) is 0 Å². The molecule has 0 unspecified atom stereocenters. The predicted molar refractivity (Wildman–Crippen MR) is 96.0 cm³/mol. The summed E-state index contributed by atoms with van der Waals surface area (Å²) in [7, 11) is 1.62. The Morgan fingerprint density at radius 1 is 0.958 bits per heavy atom. The van der Waals surface area contributed by atoms with Gasteiger partial charge in [0, 0.05) is 23.5 Å². The van der Waals surface area contributed by atoms with Gasteiger partial charge in [0.25, 0.3) is 0 Å². The first-order valence-corrected chi connectivity index (χ1v) is 7.64. The van der Waals surface area contributed by atoms with Crippen LogP contribution in [0, 0.1) is 0 Å². The summed E-state index contributed by atoms with van der Waals surface area (Å²) in [6.45, 7) is 0. The molecule has 0 aliphatic heterocycles. The Hall–Kier alpha value is -3.20. The lowest BCUT2D eigenvalue weighted by Crippen LogP contribution is -1.94. The summed E-state index contributed by atoms with van der Waals surface area (Å²) >= 11 is 0. The van der Waals surface area contributed by atoms with E-state index in [1.807, 2.05) is 36.4 Å². The molecule has 24 heavy (non-hydrogen) atoms.